The number of sulfonamides is 1. The van der Waals surface area contributed by atoms with Gasteiger partial charge >= 0.3 is 0 Å². The van der Waals surface area contributed by atoms with E-state index in [-0.39, 0.29) is 12.3 Å². The van der Waals surface area contributed by atoms with Gasteiger partial charge in [0.2, 0.25) is 10.0 Å². The van der Waals surface area contributed by atoms with Crippen molar-refractivity contribution in [1.82, 2.24) is 9.62 Å². The first-order chi connectivity index (χ1) is 7.54. The van der Waals surface area contributed by atoms with Gasteiger partial charge in [-0.1, -0.05) is 12.8 Å². The number of hydrogen-bond donors (Lipinski definition) is 1. The Hall–Kier alpha value is -0.570. The minimum Gasteiger partial charge on any atom is -0.317 e. The van der Waals surface area contributed by atoms with Crippen LogP contribution in [0, 0.1) is 12.3 Å². The van der Waals surface area contributed by atoms with Crippen LogP contribution in [0.1, 0.15) is 26.2 Å². The predicted octanol–water partition coefficient (Wildman–Crippen LogP) is 0.661. The monoisotopic (exact) mass is 246 g/mol. The number of unbranched alkanes of at least 4 members (excludes halogenated alkanes) is 1. The third-order valence-corrected chi connectivity index (χ3v) is 4.10. The topological polar surface area (TPSA) is 49.4 Å². The summed E-state index contributed by atoms with van der Waals surface area (Å²) in [4.78, 5) is 0. The summed E-state index contributed by atoms with van der Waals surface area (Å²) in [5, 5.41) is 3.23. The Bertz CT molecular complexity index is 306. The summed E-state index contributed by atoms with van der Waals surface area (Å²) in [5.41, 5.74) is 0. The molecule has 0 rings (SSSR count). The van der Waals surface area contributed by atoms with E-state index in [0.29, 0.717) is 6.42 Å². The van der Waals surface area contributed by atoms with Crippen LogP contribution in [0.15, 0.2) is 0 Å². The molecule has 0 saturated heterocycles. The van der Waals surface area contributed by atoms with E-state index in [2.05, 4.69) is 18.2 Å². The first kappa shape index (κ1) is 15.4. The second kappa shape index (κ2) is 8.57. The lowest BCUT2D eigenvalue weighted by molar-refractivity contribution is 0.499. The first-order valence-corrected chi connectivity index (χ1v) is 7.23. The normalized spacial score (nSPS) is 11.6. The average Bonchev–Trinajstić information content (AvgIpc) is 2.23. The van der Waals surface area contributed by atoms with Gasteiger partial charge < -0.3 is 5.32 Å². The van der Waals surface area contributed by atoms with Crippen molar-refractivity contribution in [2.24, 2.45) is 0 Å². The zero-order valence-electron chi connectivity index (χ0n) is 10.2. The summed E-state index contributed by atoms with van der Waals surface area (Å²) in [6.07, 6.45) is 7.72. The number of hydrogen-bond acceptors (Lipinski definition) is 3. The van der Waals surface area contributed by atoms with E-state index in [1.807, 2.05) is 0 Å². The molecule has 0 aromatic rings. The summed E-state index contributed by atoms with van der Waals surface area (Å²) in [7, 11) is -1.63. The highest BCUT2D eigenvalue weighted by Crippen LogP contribution is 2.01. The van der Waals surface area contributed by atoms with Crippen LogP contribution in [0.4, 0.5) is 0 Å². The van der Waals surface area contributed by atoms with E-state index in [0.717, 1.165) is 25.9 Å². The predicted molar refractivity (Wildman–Crippen MR) is 67.6 cm³/mol. The molecule has 0 fully saturated rings. The lowest BCUT2D eigenvalue weighted by Gasteiger charge is -2.13. The summed E-state index contributed by atoms with van der Waals surface area (Å²) < 4.78 is 24.5. The molecule has 94 valence electrons. The number of nitrogens with zero attached hydrogens (tertiary/aromatic N) is 1. The maximum Gasteiger partial charge on any atom is 0.214 e. The van der Waals surface area contributed by atoms with Crippen LogP contribution in [0.25, 0.3) is 0 Å². The molecule has 0 spiro atoms. The van der Waals surface area contributed by atoms with Crippen molar-refractivity contribution in [3.8, 4) is 12.3 Å². The lowest BCUT2D eigenvalue weighted by atomic mass is 10.3. The molecule has 5 heteroatoms. The Morgan fingerprint density at radius 1 is 1.31 bits per heavy atom. The Morgan fingerprint density at radius 2 is 2.00 bits per heavy atom. The zero-order chi connectivity index (χ0) is 12.4. The molecule has 0 radical (unpaired) electrons. The van der Waals surface area contributed by atoms with E-state index in [1.54, 1.807) is 0 Å². The molecule has 0 saturated carbocycles. The van der Waals surface area contributed by atoms with Crippen molar-refractivity contribution < 1.29 is 8.42 Å². The molecule has 0 aliphatic heterocycles. The first-order valence-electron chi connectivity index (χ1n) is 5.62. The van der Waals surface area contributed by atoms with E-state index in [4.69, 9.17) is 6.42 Å². The van der Waals surface area contributed by atoms with Crippen molar-refractivity contribution in [1.29, 1.82) is 0 Å². The average molecular weight is 246 g/mol. The van der Waals surface area contributed by atoms with Gasteiger partial charge in [-0.2, -0.15) is 4.31 Å². The standard InChI is InChI=1S/C11H22N2O2S/c1-4-8-12-9-6-7-11-16(14,15)13(3)10-5-2/h2,12H,4,6-11H2,1,3H3. The highest BCUT2D eigenvalue weighted by Gasteiger charge is 2.15. The Balaban J connectivity index is 3.71. The molecular weight excluding hydrogens is 224 g/mol. The zero-order valence-corrected chi connectivity index (χ0v) is 11.0. The highest BCUT2D eigenvalue weighted by molar-refractivity contribution is 7.89. The quantitative estimate of drug-likeness (QED) is 0.480. The number of terminal acetylenes is 1. The Morgan fingerprint density at radius 3 is 2.56 bits per heavy atom. The third-order valence-electron chi connectivity index (χ3n) is 2.22. The largest absolute Gasteiger partial charge is 0.317 e. The van der Waals surface area contributed by atoms with Gasteiger partial charge in [-0.15, -0.1) is 6.42 Å². The maximum atomic E-state index is 11.6. The van der Waals surface area contributed by atoms with Gasteiger partial charge in [-0.05, 0) is 32.4 Å². The van der Waals surface area contributed by atoms with Gasteiger partial charge in [0.15, 0.2) is 0 Å². The lowest BCUT2D eigenvalue weighted by Crippen LogP contribution is -2.29. The van der Waals surface area contributed by atoms with Crippen LogP contribution >= 0.6 is 0 Å². The molecule has 0 heterocycles. The molecule has 0 aliphatic rings. The van der Waals surface area contributed by atoms with E-state index >= 15 is 0 Å². The van der Waals surface area contributed by atoms with E-state index in [1.165, 1.54) is 11.4 Å². The van der Waals surface area contributed by atoms with E-state index < -0.39 is 10.0 Å². The number of rotatable bonds is 9. The Kier molecular flexibility index (Phi) is 8.26. The molecule has 16 heavy (non-hydrogen) atoms. The third kappa shape index (κ3) is 6.83. The molecule has 0 aromatic heterocycles. The van der Waals surface area contributed by atoms with Crippen LogP contribution in [-0.2, 0) is 10.0 Å². The molecule has 1 N–H and O–H groups in total. The van der Waals surface area contributed by atoms with Crippen molar-refractivity contribution >= 4 is 10.0 Å². The molecule has 0 aliphatic carbocycles. The molecule has 0 atom stereocenters. The molecule has 0 unspecified atom stereocenters. The van der Waals surface area contributed by atoms with Gasteiger partial charge in [0.25, 0.3) is 0 Å². The maximum absolute atomic E-state index is 11.6. The summed E-state index contributed by atoms with van der Waals surface area (Å²) in [5.74, 6) is 2.51. The molecule has 0 aromatic carbocycles. The van der Waals surface area contributed by atoms with Gasteiger partial charge in [-0.3, -0.25) is 0 Å². The van der Waals surface area contributed by atoms with Gasteiger partial charge in [0, 0.05) is 7.05 Å². The second-order valence-electron chi connectivity index (χ2n) is 3.73. The van der Waals surface area contributed by atoms with Crippen molar-refractivity contribution in [3.05, 3.63) is 0 Å². The van der Waals surface area contributed by atoms with Crippen molar-refractivity contribution in [2.75, 3.05) is 32.4 Å². The minimum atomic E-state index is -3.15. The van der Waals surface area contributed by atoms with Crippen LogP contribution < -0.4 is 5.32 Å². The summed E-state index contributed by atoms with van der Waals surface area (Å²) in [6, 6.07) is 0. The summed E-state index contributed by atoms with van der Waals surface area (Å²) in [6.45, 7) is 4.12. The molecular formula is C11H22N2O2S. The van der Waals surface area contributed by atoms with Crippen LogP contribution in [0.3, 0.4) is 0 Å². The van der Waals surface area contributed by atoms with Gasteiger partial charge in [0.05, 0.1) is 12.3 Å². The fourth-order valence-corrected chi connectivity index (χ4v) is 2.37. The van der Waals surface area contributed by atoms with Crippen LogP contribution in [-0.4, -0.2) is 45.2 Å². The fourth-order valence-electron chi connectivity index (χ4n) is 1.22. The van der Waals surface area contributed by atoms with E-state index in [9.17, 15) is 8.42 Å². The van der Waals surface area contributed by atoms with Crippen LogP contribution in [0.2, 0.25) is 0 Å². The summed E-state index contributed by atoms with van der Waals surface area (Å²) >= 11 is 0. The smallest absolute Gasteiger partial charge is 0.214 e. The number of nitrogens with one attached hydrogen (secondary N) is 1. The fraction of sp³-hybridized carbons (Fsp3) is 0.818. The van der Waals surface area contributed by atoms with Crippen molar-refractivity contribution in [2.45, 2.75) is 26.2 Å². The highest BCUT2D eigenvalue weighted by atomic mass is 32.2. The SMILES string of the molecule is C#CCN(C)S(=O)(=O)CCCCNCCC. The Labute approximate surface area is 99.5 Å². The van der Waals surface area contributed by atoms with Crippen LogP contribution in [0.5, 0.6) is 0 Å². The van der Waals surface area contributed by atoms with Crippen molar-refractivity contribution in [3.63, 3.8) is 0 Å². The van der Waals surface area contributed by atoms with Gasteiger partial charge in [-0.25, -0.2) is 8.42 Å². The second-order valence-corrected chi connectivity index (χ2v) is 5.93. The van der Waals surface area contributed by atoms with Gasteiger partial charge in [0.1, 0.15) is 0 Å². The minimum absolute atomic E-state index is 0.149. The molecule has 0 amide bonds. The molecule has 4 nitrogen and oxygen atoms in total. The molecule has 0 bridgehead atoms.